The van der Waals surface area contributed by atoms with Crippen molar-refractivity contribution < 1.29 is 14.3 Å². The predicted octanol–water partition coefficient (Wildman–Crippen LogP) is 3.53. The Morgan fingerprint density at radius 1 is 1.21 bits per heavy atom. The van der Waals surface area contributed by atoms with E-state index >= 15 is 0 Å². The Balaban J connectivity index is 1.73. The third-order valence-electron chi connectivity index (χ3n) is 6.40. The zero-order valence-corrected chi connectivity index (χ0v) is 17.2. The molecule has 0 aromatic heterocycles. The van der Waals surface area contributed by atoms with E-state index in [1.807, 2.05) is 12.1 Å². The summed E-state index contributed by atoms with van der Waals surface area (Å²) in [4.78, 5) is 17.0. The molecule has 1 saturated heterocycles. The normalized spacial score (nSPS) is 21.7. The van der Waals surface area contributed by atoms with Crippen molar-refractivity contribution in [3.8, 4) is 17.6 Å². The van der Waals surface area contributed by atoms with Gasteiger partial charge in [0, 0.05) is 13.1 Å². The standard InChI is InChI=1S/C22H31N3O3/c1-24(22(16-23)11-5-4-6-12-22)21(26)15-25-13-7-8-18(25)17-9-10-19(27-2)20(14-17)28-3/h9-10,14,18H,4-8,11-13,15H2,1-3H3. The smallest absolute Gasteiger partial charge is 0.237 e. The van der Waals surface area contributed by atoms with Gasteiger partial charge in [0.1, 0.15) is 5.54 Å². The summed E-state index contributed by atoms with van der Waals surface area (Å²) in [6.07, 6.45) is 6.82. The van der Waals surface area contributed by atoms with Gasteiger partial charge < -0.3 is 14.4 Å². The number of methoxy groups -OCH3 is 2. The van der Waals surface area contributed by atoms with E-state index in [-0.39, 0.29) is 11.9 Å². The lowest BCUT2D eigenvalue weighted by molar-refractivity contribution is -0.136. The maximum Gasteiger partial charge on any atom is 0.237 e. The molecule has 1 aliphatic heterocycles. The van der Waals surface area contributed by atoms with Crippen LogP contribution in [0.2, 0.25) is 0 Å². The average Bonchev–Trinajstić information content (AvgIpc) is 3.21. The summed E-state index contributed by atoms with van der Waals surface area (Å²) < 4.78 is 10.8. The summed E-state index contributed by atoms with van der Waals surface area (Å²) in [5.74, 6) is 1.46. The van der Waals surface area contributed by atoms with Gasteiger partial charge in [0.05, 0.1) is 26.8 Å². The first-order valence-electron chi connectivity index (χ1n) is 10.2. The highest BCUT2D eigenvalue weighted by molar-refractivity contribution is 5.79. The van der Waals surface area contributed by atoms with Crippen LogP contribution in [-0.2, 0) is 4.79 Å². The Bertz CT molecular complexity index is 737. The van der Waals surface area contributed by atoms with Gasteiger partial charge in [-0.15, -0.1) is 0 Å². The van der Waals surface area contributed by atoms with Crippen LogP contribution < -0.4 is 9.47 Å². The molecule has 1 atom stereocenters. The molecule has 0 radical (unpaired) electrons. The fourth-order valence-electron chi connectivity index (χ4n) is 4.63. The van der Waals surface area contributed by atoms with E-state index in [2.05, 4.69) is 17.0 Å². The van der Waals surface area contributed by atoms with Crippen molar-refractivity contribution in [2.24, 2.45) is 0 Å². The number of ether oxygens (including phenoxy) is 2. The highest BCUT2D eigenvalue weighted by Crippen LogP contribution is 2.37. The number of carbonyl (C=O) groups excluding carboxylic acids is 1. The minimum atomic E-state index is -0.631. The molecule has 2 aliphatic rings. The Hall–Kier alpha value is -2.26. The van der Waals surface area contributed by atoms with Gasteiger partial charge in [0.15, 0.2) is 11.5 Å². The highest BCUT2D eigenvalue weighted by atomic mass is 16.5. The number of nitrogens with zero attached hydrogens (tertiary/aromatic N) is 3. The van der Waals surface area contributed by atoms with E-state index < -0.39 is 5.54 Å². The molecule has 2 fully saturated rings. The third-order valence-corrected chi connectivity index (χ3v) is 6.40. The van der Waals surface area contributed by atoms with Crippen molar-refractivity contribution in [2.75, 3.05) is 34.4 Å². The molecule has 152 valence electrons. The second-order valence-corrected chi connectivity index (χ2v) is 7.90. The van der Waals surface area contributed by atoms with Gasteiger partial charge in [-0.1, -0.05) is 25.3 Å². The Kier molecular flexibility index (Phi) is 6.46. The lowest BCUT2D eigenvalue weighted by atomic mass is 9.81. The molecule has 1 saturated carbocycles. The van der Waals surface area contributed by atoms with Crippen molar-refractivity contribution in [3.05, 3.63) is 23.8 Å². The van der Waals surface area contributed by atoms with Crippen LogP contribution >= 0.6 is 0 Å². The van der Waals surface area contributed by atoms with Gasteiger partial charge in [0.2, 0.25) is 5.91 Å². The topological polar surface area (TPSA) is 65.8 Å². The minimum absolute atomic E-state index is 0.0378. The van der Waals surface area contributed by atoms with Crippen LogP contribution in [0.25, 0.3) is 0 Å². The first-order valence-corrected chi connectivity index (χ1v) is 10.2. The lowest BCUT2D eigenvalue weighted by Gasteiger charge is -2.40. The zero-order valence-electron chi connectivity index (χ0n) is 17.2. The number of carbonyl (C=O) groups is 1. The molecule has 1 heterocycles. The summed E-state index contributed by atoms with van der Waals surface area (Å²) in [5.41, 5.74) is 0.506. The quantitative estimate of drug-likeness (QED) is 0.749. The van der Waals surface area contributed by atoms with Gasteiger partial charge in [-0.3, -0.25) is 9.69 Å². The van der Waals surface area contributed by atoms with Crippen LogP contribution in [0.15, 0.2) is 18.2 Å². The number of hydrogen-bond acceptors (Lipinski definition) is 5. The Morgan fingerprint density at radius 2 is 1.93 bits per heavy atom. The number of rotatable bonds is 6. The summed E-state index contributed by atoms with van der Waals surface area (Å²) in [5, 5.41) is 9.78. The van der Waals surface area contributed by atoms with E-state index in [0.29, 0.717) is 18.0 Å². The fourth-order valence-corrected chi connectivity index (χ4v) is 4.63. The SMILES string of the molecule is COc1ccc(C2CCCN2CC(=O)N(C)C2(C#N)CCCCC2)cc1OC. The molecule has 1 aromatic rings. The Morgan fingerprint density at radius 3 is 2.57 bits per heavy atom. The summed E-state index contributed by atoms with van der Waals surface area (Å²) in [7, 11) is 5.07. The van der Waals surface area contributed by atoms with Gasteiger partial charge in [-0.2, -0.15) is 5.26 Å². The van der Waals surface area contributed by atoms with E-state index in [0.717, 1.165) is 57.1 Å². The molecular formula is C22H31N3O3. The van der Waals surface area contributed by atoms with Crippen molar-refractivity contribution in [2.45, 2.75) is 56.5 Å². The molecule has 6 heteroatoms. The minimum Gasteiger partial charge on any atom is -0.493 e. The molecule has 1 unspecified atom stereocenters. The number of hydrogen-bond donors (Lipinski definition) is 0. The molecule has 6 nitrogen and oxygen atoms in total. The van der Waals surface area contributed by atoms with Crippen molar-refractivity contribution in [1.82, 2.24) is 9.80 Å². The first kappa shape index (κ1) is 20.5. The lowest BCUT2D eigenvalue weighted by Crippen LogP contribution is -2.52. The van der Waals surface area contributed by atoms with Gasteiger partial charge in [0.25, 0.3) is 0 Å². The maximum atomic E-state index is 13.1. The second kappa shape index (κ2) is 8.83. The fraction of sp³-hybridized carbons (Fsp3) is 0.636. The van der Waals surface area contributed by atoms with Crippen LogP contribution in [0.4, 0.5) is 0 Å². The number of amides is 1. The average molecular weight is 386 g/mol. The molecule has 0 N–H and O–H groups in total. The van der Waals surface area contributed by atoms with Gasteiger partial charge in [-0.05, 0) is 49.9 Å². The van der Waals surface area contributed by atoms with Crippen LogP contribution in [0.3, 0.4) is 0 Å². The van der Waals surface area contributed by atoms with Gasteiger partial charge >= 0.3 is 0 Å². The highest BCUT2D eigenvalue weighted by Gasteiger charge is 2.40. The van der Waals surface area contributed by atoms with Gasteiger partial charge in [-0.25, -0.2) is 0 Å². The monoisotopic (exact) mass is 385 g/mol. The molecule has 1 amide bonds. The third kappa shape index (κ3) is 3.95. The van der Waals surface area contributed by atoms with E-state index in [9.17, 15) is 10.1 Å². The molecule has 28 heavy (non-hydrogen) atoms. The first-order chi connectivity index (χ1) is 13.5. The molecule has 0 bridgehead atoms. The van der Waals surface area contributed by atoms with E-state index in [1.165, 1.54) is 0 Å². The molecule has 3 rings (SSSR count). The molecule has 1 aromatic carbocycles. The second-order valence-electron chi connectivity index (χ2n) is 7.90. The summed E-state index contributed by atoms with van der Waals surface area (Å²) in [6.45, 7) is 1.23. The van der Waals surface area contributed by atoms with Crippen molar-refractivity contribution in [3.63, 3.8) is 0 Å². The van der Waals surface area contributed by atoms with Crippen molar-refractivity contribution >= 4 is 5.91 Å². The van der Waals surface area contributed by atoms with Crippen LogP contribution in [-0.4, -0.2) is 55.6 Å². The zero-order chi connectivity index (χ0) is 20.1. The summed E-state index contributed by atoms with van der Waals surface area (Å²) >= 11 is 0. The van der Waals surface area contributed by atoms with Crippen molar-refractivity contribution in [1.29, 1.82) is 5.26 Å². The Labute approximate surface area is 168 Å². The van der Waals surface area contributed by atoms with E-state index in [1.54, 1.807) is 26.2 Å². The number of likely N-dealkylation sites (tertiary alicyclic amines) is 1. The largest absolute Gasteiger partial charge is 0.493 e. The summed E-state index contributed by atoms with van der Waals surface area (Å²) in [6, 6.07) is 8.61. The predicted molar refractivity (Wildman–Crippen MR) is 107 cm³/mol. The number of benzene rings is 1. The number of nitriles is 1. The van der Waals surface area contributed by atoms with Crippen LogP contribution in [0.5, 0.6) is 11.5 Å². The molecule has 1 aliphatic carbocycles. The maximum absolute atomic E-state index is 13.1. The molecular weight excluding hydrogens is 354 g/mol. The molecule has 0 spiro atoms. The van der Waals surface area contributed by atoms with E-state index in [4.69, 9.17) is 9.47 Å². The van der Waals surface area contributed by atoms with Crippen LogP contribution in [0, 0.1) is 11.3 Å². The van der Waals surface area contributed by atoms with Crippen LogP contribution in [0.1, 0.15) is 56.6 Å². The number of likely N-dealkylation sites (N-methyl/N-ethyl adjacent to an activating group) is 1.